The van der Waals surface area contributed by atoms with Crippen molar-refractivity contribution in [2.45, 2.75) is 93.1 Å². The lowest BCUT2D eigenvalue weighted by Crippen LogP contribution is -2.59. The fourth-order valence-electron chi connectivity index (χ4n) is 3.92. The van der Waals surface area contributed by atoms with Crippen molar-refractivity contribution in [3.8, 4) is 0 Å². The van der Waals surface area contributed by atoms with Crippen LogP contribution in [0.3, 0.4) is 0 Å². The molecule has 0 aromatic heterocycles. The van der Waals surface area contributed by atoms with Crippen LogP contribution in [-0.2, 0) is 28.4 Å². The van der Waals surface area contributed by atoms with Gasteiger partial charge in [-0.2, -0.15) is 0 Å². The minimum Gasteiger partial charge on any atom is -0.394 e. The van der Waals surface area contributed by atoms with Gasteiger partial charge in [-0.3, -0.25) is 0 Å². The number of hydrogen-bond donors (Lipinski definition) is 12. The molecule has 18 nitrogen and oxygen atoms in total. The smallest absolute Gasteiger partial charge is 0.209 e. The highest BCUT2D eigenvalue weighted by Crippen LogP contribution is 2.25. The predicted octanol–water partition coefficient (Wildman–Crippen LogP) is -7.35. The summed E-state index contributed by atoms with van der Waals surface area (Å²) in [4.78, 5) is 0. The minimum atomic E-state index is -2.23. The first kappa shape index (κ1) is 35.5. The van der Waals surface area contributed by atoms with Crippen LogP contribution in [0.25, 0.3) is 0 Å². The van der Waals surface area contributed by atoms with Crippen LogP contribution < -0.4 is 0 Å². The molecule has 238 valence electrons. The molecular weight excluding hydrogens is 552 g/mol. The van der Waals surface area contributed by atoms with E-state index in [1.54, 1.807) is 0 Å². The molecule has 2 aliphatic heterocycles. The molecule has 0 spiro atoms. The molecule has 2 rings (SSSR count). The van der Waals surface area contributed by atoms with Crippen molar-refractivity contribution >= 4 is 0 Å². The lowest BCUT2D eigenvalue weighted by Gasteiger charge is -2.41. The van der Waals surface area contributed by atoms with E-state index in [4.69, 9.17) is 28.4 Å². The Bertz CT molecular complexity index is 657. The van der Waals surface area contributed by atoms with Crippen molar-refractivity contribution in [1.29, 1.82) is 0 Å². The van der Waals surface area contributed by atoms with E-state index in [1.807, 2.05) is 0 Å². The Morgan fingerprint density at radius 2 is 1.10 bits per heavy atom. The maximum absolute atomic E-state index is 10.2. The van der Waals surface area contributed by atoms with Gasteiger partial charge in [0.25, 0.3) is 0 Å². The van der Waals surface area contributed by atoms with E-state index in [-0.39, 0.29) is 0 Å². The SMILES string of the molecule is CC(O)C(CO)OC(OCC(COC1OC(CO)C(O)C(O)C1O)COC1OC(CO)C(O)C(O)C1O)C(O)O. The van der Waals surface area contributed by atoms with Crippen molar-refractivity contribution < 1.29 is 89.7 Å². The Hall–Kier alpha value is -0.720. The third kappa shape index (κ3) is 9.39. The van der Waals surface area contributed by atoms with Crippen LogP contribution in [0.5, 0.6) is 0 Å². The lowest BCUT2D eigenvalue weighted by molar-refractivity contribution is -0.317. The number of rotatable bonds is 16. The molecule has 13 atom stereocenters. The van der Waals surface area contributed by atoms with Crippen LogP contribution in [0.2, 0.25) is 0 Å². The summed E-state index contributed by atoms with van der Waals surface area (Å²) in [5.41, 5.74) is 0. The van der Waals surface area contributed by atoms with Crippen LogP contribution in [0.1, 0.15) is 6.92 Å². The van der Waals surface area contributed by atoms with Crippen molar-refractivity contribution in [1.82, 2.24) is 0 Å². The number of hydrogen-bond acceptors (Lipinski definition) is 18. The van der Waals surface area contributed by atoms with E-state index in [0.29, 0.717) is 0 Å². The normalized spacial score (nSPS) is 38.2. The van der Waals surface area contributed by atoms with E-state index >= 15 is 0 Å². The Kier molecular flexibility index (Phi) is 14.9. The lowest BCUT2D eigenvalue weighted by atomic mass is 9.99. The van der Waals surface area contributed by atoms with Crippen LogP contribution >= 0.6 is 0 Å². The largest absolute Gasteiger partial charge is 0.394 e. The fraction of sp³-hybridized carbons (Fsp3) is 1.00. The summed E-state index contributed by atoms with van der Waals surface area (Å²) >= 11 is 0. The minimum absolute atomic E-state index is 0.422. The van der Waals surface area contributed by atoms with Gasteiger partial charge in [0.15, 0.2) is 12.6 Å². The van der Waals surface area contributed by atoms with Gasteiger partial charge in [0, 0.05) is 5.92 Å². The average Bonchev–Trinajstić information content (AvgIpc) is 2.92. The fourth-order valence-corrected chi connectivity index (χ4v) is 3.92. The van der Waals surface area contributed by atoms with Gasteiger partial charge in [-0.15, -0.1) is 0 Å². The molecule has 0 aromatic rings. The molecule has 2 aliphatic rings. The third-order valence-electron chi connectivity index (χ3n) is 6.46. The van der Waals surface area contributed by atoms with Gasteiger partial charge in [0.2, 0.25) is 12.6 Å². The average molecular weight is 595 g/mol. The molecule has 2 saturated heterocycles. The maximum Gasteiger partial charge on any atom is 0.209 e. The topological polar surface area (TPSA) is 298 Å². The van der Waals surface area contributed by atoms with E-state index < -0.39 is 132 Å². The Morgan fingerprint density at radius 1 is 0.650 bits per heavy atom. The van der Waals surface area contributed by atoms with Gasteiger partial charge < -0.3 is 89.7 Å². The summed E-state index contributed by atoms with van der Waals surface area (Å²) in [7, 11) is 0. The first-order valence-electron chi connectivity index (χ1n) is 12.6. The van der Waals surface area contributed by atoms with Crippen LogP contribution in [0.15, 0.2) is 0 Å². The highest BCUT2D eigenvalue weighted by Gasteiger charge is 2.46. The molecule has 0 bridgehead atoms. The molecular formula is C22H42O18. The second-order valence-electron chi connectivity index (χ2n) is 9.64. The standard InChI is InChI=1S/C22H42O18/c1-8(26)10(2-23)38-22(19(33)34)37-7-9(5-35-20-17(31)15(29)13(27)11(3-24)39-20)6-36-21-18(32)16(30)14(28)12(4-25)40-21/h8-34H,2-7H2,1H3. The van der Waals surface area contributed by atoms with Gasteiger partial charge in [-0.25, -0.2) is 0 Å². The van der Waals surface area contributed by atoms with E-state index in [1.165, 1.54) is 6.92 Å². The molecule has 0 saturated carbocycles. The monoisotopic (exact) mass is 594 g/mol. The van der Waals surface area contributed by atoms with E-state index in [0.717, 1.165) is 0 Å². The maximum atomic E-state index is 10.2. The highest BCUT2D eigenvalue weighted by molar-refractivity contribution is 4.90. The summed E-state index contributed by atoms with van der Waals surface area (Å²) in [6.07, 6.45) is -22.3. The molecule has 2 fully saturated rings. The van der Waals surface area contributed by atoms with Crippen LogP contribution in [-0.4, -0.2) is 187 Å². The summed E-state index contributed by atoms with van der Waals surface area (Å²) in [5.74, 6) is -0.941. The number of aliphatic hydroxyl groups is 12. The first-order valence-corrected chi connectivity index (χ1v) is 12.6. The van der Waals surface area contributed by atoms with Crippen LogP contribution in [0.4, 0.5) is 0 Å². The zero-order chi connectivity index (χ0) is 30.1. The van der Waals surface area contributed by atoms with Gasteiger partial charge in [-0.1, -0.05) is 0 Å². The van der Waals surface area contributed by atoms with Crippen molar-refractivity contribution in [3.63, 3.8) is 0 Å². The molecule has 0 radical (unpaired) electrons. The molecule has 13 unspecified atom stereocenters. The number of ether oxygens (including phenoxy) is 6. The Labute approximate surface area is 229 Å². The van der Waals surface area contributed by atoms with Gasteiger partial charge >= 0.3 is 0 Å². The quantitative estimate of drug-likeness (QED) is 0.0738. The third-order valence-corrected chi connectivity index (χ3v) is 6.46. The van der Waals surface area contributed by atoms with Gasteiger partial charge in [0.05, 0.1) is 45.7 Å². The van der Waals surface area contributed by atoms with Crippen molar-refractivity contribution in [2.75, 3.05) is 39.6 Å². The summed E-state index contributed by atoms with van der Waals surface area (Å²) < 4.78 is 32.1. The molecule has 18 heteroatoms. The zero-order valence-corrected chi connectivity index (χ0v) is 21.7. The Balaban J connectivity index is 2.11. The molecule has 0 aromatic carbocycles. The molecule has 40 heavy (non-hydrogen) atoms. The predicted molar refractivity (Wildman–Crippen MR) is 125 cm³/mol. The first-order chi connectivity index (χ1) is 18.9. The summed E-state index contributed by atoms with van der Waals surface area (Å²) in [5, 5.41) is 117. The van der Waals surface area contributed by atoms with E-state index in [9.17, 15) is 61.3 Å². The highest BCUT2D eigenvalue weighted by atomic mass is 16.7. The van der Waals surface area contributed by atoms with Crippen LogP contribution in [0, 0.1) is 5.92 Å². The molecule has 0 aliphatic carbocycles. The zero-order valence-electron chi connectivity index (χ0n) is 21.7. The molecule has 2 heterocycles. The second kappa shape index (κ2) is 16.8. The summed E-state index contributed by atoms with van der Waals surface area (Å²) in [6.45, 7) is -2.13. The van der Waals surface area contributed by atoms with Gasteiger partial charge in [-0.05, 0) is 6.92 Å². The van der Waals surface area contributed by atoms with Crippen molar-refractivity contribution in [3.05, 3.63) is 0 Å². The van der Waals surface area contributed by atoms with Crippen molar-refractivity contribution in [2.24, 2.45) is 5.92 Å². The summed E-state index contributed by atoms with van der Waals surface area (Å²) in [6, 6.07) is 0. The molecule has 0 amide bonds. The molecule has 12 N–H and O–H groups in total. The second-order valence-corrected chi connectivity index (χ2v) is 9.64. The van der Waals surface area contributed by atoms with Gasteiger partial charge in [0.1, 0.15) is 54.9 Å². The number of aliphatic hydroxyl groups excluding tert-OH is 11. The Morgan fingerprint density at radius 3 is 1.45 bits per heavy atom. The van der Waals surface area contributed by atoms with E-state index in [2.05, 4.69) is 0 Å².